The molecule has 0 aliphatic heterocycles. The Morgan fingerprint density at radius 1 is 1.00 bits per heavy atom. The summed E-state index contributed by atoms with van der Waals surface area (Å²) in [5, 5.41) is 18.6. The maximum atomic E-state index is 9.38. The van der Waals surface area contributed by atoms with Gasteiger partial charge in [-0.15, -0.1) is 0 Å². The zero-order valence-corrected chi connectivity index (χ0v) is 9.94. The fourth-order valence-corrected chi connectivity index (χ4v) is 1.77. The van der Waals surface area contributed by atoms with Crippen LogP contribution in [0.25, 0.3) is 0 Å². The zero-order chi connectivity index (χ0) is 12.4. The fraction of sp³-hybridized carbons (Fsp3) is 0.231. The summed E-state index contributed by atoms with van der Waals surface area (Å²) in [6.07, 6.45) is 0. The normalized spacial score (nSPS) is 10.5. The Morgan fingerprint density at radius 3 is 2.24 bits per heavy atom. The van der Waals surface area contributed by atoms with E-state index in [0.29, 0.717) is 6.54 Å². The summed E-state index contributed by atoms with van der Waals surface area (Å²) < 4.78 is 1.99. The Balaban J connectivity index is 2.10. The first-order valence-corrected chi connectivity index (χ1v) is 5.47. The highest BCUT2D eigenvalue weighted by Crippen LogP contribution is 2.24. The van der Waals surface area contributed by atoms with Crippen LogP contribution in [0.5, 0.6) is 11.5 Å². The van der Waals surface area contributed by atoms with Gasteiger partial charge in [0.2, 0.25) is 0 Å². The number of aromatic nitrogens is 1. The molecule has 1 heterocycles. The molecule has 4 heteroatoms. The average Bonchev–Trinajstić information content (AvgIpc) is 2.61. The van der Waals surface area contributed by atoms with Crippen LogP contribution < -0.4 is 5.43 Å². The van der Waals surface area contributed by atoms with Crippen molar-refractivity contribution in [2.75, 3.05) is 5.43 Å². The fourth-order valence-electron chi connectivity index (χ4n) is 1.77. The number of nitrogens with one attached hydrogen (secondary N) is 1. The third kappa shape index (κ3) is 2.36. The van der Waals surface area contributed by atoms with E-state index in [1.807, 2.05) is 30.7 Å². The SMILES string of the molecule is Cc1ccc(C)n1NCc1ccc(O)c(O)c1. The van der Waals surface area contributed by atoms with Crippen LogP contribution in [0.15, 0.2) is 30.3 Å². The minimum atomic E-state index is -0.0953. The van der Waals surface area contributed by atoms with E-state index < -0.39 is 0 Å². The quantitative estimate of drug-likeness (QED) is 0.711. The maximum Gasteiger partial charge on any atom is 0.157 e. The molecule has 3 N–H and O–H groups in total. The van der Waals surface area contributed by atoms with Crippen molar-refractivity contribution in [3.63, 3.8) is 0 Å². The number of rotatable bonds is 3. The molecular formula is C13H16N2O2. The highest BCUT2D eigenvalue weighted by atomic mass is 16.3. The van der Waals surface area contributed by atoms with Gasteiger partial charge >= 0.3 is 0 Å². The Kier molecular flexibility index (Phi) is 2.95. The molecule has 0 radical (unpaired) electrons. The molecule has 2 rings (SSSR count). The van der Waals surface area contributed by atoms with E-state index in [0.717, 1.165) is 17.0 Å². The van der Waals surface area contributed by atoms with Gasteiger partial charge in [-0.2, -0.15) is 0 Å². The van der Waals surface area contributed by atoms with Gasteiger partial charge in [0.1, 0.15) is 0 Å². The Hall–Kier alpha value is -2.10. The van der Waals surface area contributed by atoms with Crippen molar-refractivity contribution >= 4 is 0 Å². The third-order valence-electron chi connectivity index (χ3n) is 2.75. The predicted octanol–water partition coefficient (Wildman–Crippen LogP) is 2.26. The minimum Gasteiger partial charge on any atom is -0.504 e. The van der Waals surface area contributed by atoms with E-state index in [2.05, 4.69) is 5.43 Å². The average molecular weight is 232 g/mol. The van der Waals surface area contributed by atoms with Crippen LogP contribution in [0.2, 0.25) is 0 Å². The molecule has 1 aromatic heterocycles. The van der Waals surface area contributed by atoms with Crippen molar-refractivity contribution < 1.29 is 10.2 Å². The molecule has 17 heavy (non-hydrogen) atoms. The van der Waals surface area contributed by atoms with Gasteiger partial charge in [0.25, 0.3) is 0 Å². The first-order chi connectivity index (χ1) is 8.08. The van der Waals surface area contributed by atoms with E-state index in [1.54, 1.807) is 12.1 Å². The van der Waals surface area contributed by atoms with Crippen molar-refractivity contribution in [3.8, 4) is 11.5 Å². The summed E-state index contributed by atoms with van der Waals surface area (Å²) in [6.45, 7) is 4.63. The summed E-state index contributed by atoms with van der Waals surface area (Å²) in [5.41, 5.74) is 6.42. The van der Waals surface area contributed by atoms with Crippen LogP contribution in [0.4, 0.5) is 0 Å². The smallest absolute Gasteiger partial charge is 0.157 e. The van der Waals surface area contributed by atoms with Gasteiger partial charge < -0.3 is 15.6 Å². The van der Waals surface area contributed by atoms with E-state index in [1.165, 1.54) is 6.07 Å². The number of phenolic OH excluding ortho intramolecular Hbond substituents is 2. The molecule has 0 aliphatic rings. The van der Waals surface area contributed by atoms with Gasteiger partial charge in [-0.25, -0.2) is 0 Å². The first kappa shape index (κ1) is 11.4. The summed E-state index contributed by atoms with van der Waals surface area (Å²) in [5.74, 6) is -0.188. The first-order valence-electron chi connectivity index (χ1n) is 5.47. The molecule has 0 aliphatic carbocycles. The molecular weight excluding hydrogens is 216 g/mol. The molecule has 0 bridgehead atoms. The number of nitrogens with zero attached hydrogens (tertiary/aromatic N) is 1. The second-order valence-corrected chi connectivity index (χ2v) is 4.11. The summed E-state index contributed by atoms with van der Waals surface area (Å²) in [7, 11) is 0. The van der Waals surface area contributed by atoms with Crippen LogP contribution in [0.3, 0.4) is 0 Å². The van der Waals surface area contributed by atoms with Crippen LogP contribution in [-0.2, 0) is 6.54 Å². The highest BCUT2D eigenvalue weighted by molar-refractivity contribution is 5.40. The van der Waals surface area contributed by atoms with Crippen molar-refractivity contribution in [2.45, 2.75) is 20.4 Å². The Labute approximate surface area is 100 Å². The minimum absolute atomic E-state index is 0.0924. The lowest BCUT2D eigenvalue weighted by atomic mass is 10.2. The number of hydrogen-bond donors (Lipinski definition) is 3. The lowest BCUT2D eigenvalue weighted by Crippen LogP contribution is -2.16. The van der Waals surface area contributed by atoms with Crippen molar-refractivity contribution in [1.82, 2.24) is 4.68 Å². The van der Waals surface area contributed by atoms with Crippen LogP contribution >= 0.6 is 0 Å². The molecule has 0 amide bonds. The van der Waals surface area contributed by atoms with Gasteiger partial charge in [0, 0.05) is 11.4 Å². The Bertz CT molecular complexity index is 513. The molecule has 0 spiro atoms. The number of phenols is 2. The van der Waals surface area contributed by atoms with Gasteiger partial charge in [0.05, 0.1) is 6.54 Å². The van der Waals surface area contributed by atoms with Crippen molar-refractivity contribution in [1.29, 1.82) is 0 Å². The number of aromatic hydroxyl groups is 2. The topological polar surface area (TPSA) is 57.4 Å². The second-order valence-electron chi connectivity index (χ2n) is 4.11. The highest BCUT2D eigenvalue weighted by Gasteiger charge is 2.02. The van der Waals surface area contributed by atoms with E-state index in [4.69, 9.17) is 0 Å². The molecule has 0 unspecified atom stereocenters. The monoisotopic (exact) mass is 232 g/mol. The van der Waals surface area contributed by atoms with Crippen molar-refractivity contribution in [2.24, 2.45) is 0 Å². The van der Waals surface area contributed by atoms with E-state index in [9.17, 15) is 10.2 Å². The lowest BCUT2D eigenvalue weighted by molar-refractivity contribution is 0.403. The molecule has 0 atom stereocenters. The van der Waals surface area contributed by atoms with Crippen LogP contribution in [0.1, 0.15) is 17.0 Å². The van der Waals surface area contributed by atoms with Gasteiger partial charge in [-0.3, -0.25) is 4.68 Å². The largest absolute Gasteiger partial charge is 0.504 e. The van der Waals surface area contributed by atoms with Gasteiger partial charge in [-0.05, 0) is 43.7 Å². The molecule has 0 saturated carbocycles. The van der Waals surface area contributed by atoms with E-state index in [-0.39, 0.29) is 11.5 Å². The van der Waals surface area contributed by atoms with E-state index >= 15 is 0 Å². The summed E-state index contributed by atoms with van der Waals surface area (Å²) in [6, 6.07) is 8.89. The molecule has 90 valence electrons. The third-order valence-corrected chi connectivity index (χ3v) is 2.75. The van der Waals surface area contributed by atoms with Crippen molar-refractivity contribution in [3.05, 3.63) is 47.3 Å². The molecule has 1 aromatic carbocycles. The standard InChI is InChI=1S/C13H16N2O2/c1-9-3-4-10(2)15(9)14-8-11-5-6-12(16)13(17)7-11/h3-7,14,16-17H,8H2,1-2H3. The van der Waals surface area contributed by atoms with Crippen LogP contribution in [-0.4, -0.2) is 14.9 Å². The molecule has 2 aromatic rings. The lowest BCUT2D eigenvalue weighted by Gasteiger charge is -2.13. The summed E-state index contributed by atoms with van der Waals surface area (Å²) in [4.78, 5) is 0. The molecule has 4 nitrogen and oxygen atoms in total. The molecule has 0 saturated heterocycles. The second kappa shape index (κ2) is 4.41. The van der Waals surface area contributed by atoms with Gasteiger partial charge in [-0.1, -0.05) is 6.07 Å². The Morgan fingerprint density at radius 2 is 1.65 bits per heavy atom. The zero-order valence-electron chi connectivity index (χ0n) is 9.94. The predicted molar refractivity (Wildman–Crippen MR) is 66.7 cm³/mol. The number of benzene rings is 1. The number of aryl methyl sites for hydroxylation is 2. The van der Waals surface area contributed by atoms with Gasteiger partial charge in [0.15, 0.2) is 11.5 Å². The van der Waals surface area contributed by atoms with Crippen LogP contribution in [0, 0.1) is 13.8 Å². The number of hydrogen-bond acceptors (Lipinski definition) is 3. The molecule has 0 fully saturated rings. The maximum absolute atomic E-state index is 9.38. The summed E-state index contributed by atoms with van der Waals surface area (Å²) >= 11 is 0.